The number of fused-ring (bicyclic) bond motifs is 4. The predicted molar refractivity (Wildman–Crippen MR) is 154 cm³/mol. The standard InChI is InChI=1S/C31H37N5O5/c1-34-11-4-10-32-29(37)15-24-18-36(30(38)9-12-35-19-33-26-6-3-2-5-25(26)31(35)39)17-22(24)8-7-21-13-27-28(41-20-40-27)14-23(21)16-34/h2-3,5-6,13-14,19,22,24H,4,7-12,15-18,20H2,1H3,(H,32,37)/t22-,24+/m1/s1. The van der Waals surface area contributed by atoms with Crippen molar-refractivity contribution in [2.24, 2.45) is 11.8 Å². The van der Waals surface area contributed by atoms with Crippen LogP contribution in [0.25, 0.3) is 10.9 Å². The van der Waals surface area contributed by atoms with Gasteiger partial charge in [0.2, 0.25) is 18.6 Å². The summed E-state index contributed by atoms with van der Waals surface area (Å²) < 4.78 is 12.8. The number of benzene rings is 2. The van der Waals surface area contributed by atoms with E-state index >= 15 is 0 Å². The fourth-order valence-electron chi connectivity index (χ4n) is 6.34. The summed E-state index contributed by atoms with van der Waals surface area (Å²) in [5.74, 6) is 1.92. The molecule has 3 aliphatic heterocycles. The molecule has 6 rings (SSSR count). The topological polar surface area (TPSA) is 106 Å². The van der Waals surface area contributed by atoms with E-state index < -0.39 is 0 Å². The number of likely N-dealkylation sites (tertiary alicyclic amines) is 1. The van der Waals surface area contributed by atoms with Gasteiger partial charge < -0.3 is 24.6 Å². The first kappa shape index (κ1) is 27.3. The van der Waals surface area contributed by atoms with Crippen LogP contribution >= 0.6 is 0 Å². The third-order valence-electron chi connectivity index (χ3n) is 8.63. The second-order valence-electron chi connectivity index (χ2n) is 11.5. The molecule has 0 unspecified atom stereocenters. The average molecular weight is 560 g/mol. The number of aromatic nitrogens is 2. The molecule has 10 nitrogen and oxygen atoms in total. The van der Waals surface area contributed by atoms with Crippen molar-refractivity contribution in [2.75, 3.05) is 40.0 Å². The molecule has 3 aliphatic rings. The molecule has 3 aromatic rings. The Kier molecular flexibility index (Phi) is 7.91. The number of hydrogen-bond donors (Lipinski definition) is 1. The number of ether oxygens (including phenoxy) is 2. The molecular weight excluding hydrogens is 522 g/mol. The van der Waals surface area contributed by atoms with E-state index in [0.717, 1.165) is 43.9 Å². The Balaban J connectivity index is 1.17. The summed E-state index contributed by atoms with van der Waals surface area (Å²) in [6.45, 7) is 3.98. The number of nitrogens with one attached hydrogen (secondary N) is 1. The number of para-hydroxylation sites is 1. The van der Waals surface area contributed by atoms with Gasteiger partial charge >= 0.3 is 0 Å². The summed E-state index contributed by atoms with van der Waals surface area (Å²) >= 11 is 0. The van der Waals surface area contributed by atoms with Crippen LogP contribution < -0.4 is 20.3 Å². The lowest BCUT2D eigenvalue weighted by molar-refractivity contribution is -0.131. The summed E-state index contributed by atoms with van der Waals surface area (Å²) in [7, 11) is 2.10. The van der Waals surface area contributed by atoms with Crippen molar-refractivity contribution < 1.29 is 19.1 Å². The van der Waals surface area contributed by atoms with E-state index in [1.54, 1.807) is 6.07 Å². The molecule has 0 spiro atoms. The van der Waals surface area contributed by atoms with Crippen LogP contribution in [0.2, 0.25) is 0 Å². The maximum Gasteiger partial charge on any atom is 0.261 e. The molecule has 0 aliphatic carbocycles. The highest BCUT2D eigenvalue weighted by molar-refractivity contribution is 5.79. The Labute approximate surface area is 239 Å². The van der Waals surface area contributed by atoms with Crippen molar-refractivity contribution in [2.45, 2.75) is 45.2 Å². The van der Waals surface area contributed by atoms with Gasteiger partial charge in [0.05, 0.1) is 17.2 Å². The molecule has 0 saturated carbocycles. The highest BCUT2D eigenvalue weighted by Crippen LogP contribution is 2.37. The van der Waals surface area contributed by atoms with Crippen molar-refractivity contribution in [1.82, 2.24) is 24.7 Å². The van der Waals surface area contributed by atoms with Crippen LogP contribution in [0.15, 0.2) is 47.5 Å². The number of hydrogen-bond acceptors (Lipinski definition) is 7. The first-order valence-electron chi connectivity index (χ1n) is 14.5. The molecule has 0 radical (unpaired) electrons. The minimum Gasteiger partial charge on any atom is -0.454 e. The number of aryl methyl sites for hydroxylation is 2. The van der Waals surface area contributed by atoms with E-state index in [0.29, 0.717) is 37.0 Å². The van der Waals surface area contributed by atoms with Gasteiger partial charge in [0.25, 0.3) is 5.56 Å². The Morgan fingerprint density at radius 2 is 1.85 bits per heavy atom. The zero-order chi connectivity index (χ0) is 28.3. The quantitative estimate of drug-likeness (QED) is 0.526. The second-order valence-corrected chi connectivity index (χ2v) is 11.5. The van der Waals surface area contributed by atoms with Gasteiger partial charge in [-0.15, -0.1) is 0 Å². The fraction of sp³-hybridized carbons (Fsp3) is 0.484. The van der Waals surface area contributed by atoms with E-state index in [4.69, 9.17) is 9.47 Å². The minimum atomic E-state index is -0.139. The molecule has 10 heteroatoms. The van der Waals surface area contributed by atoms with Gasteiger partial charge in [-0.05, 0) is 80.1 Å². The van der Waals surface area contributed by atoms with Crippen molar-refractivity contribution in [1.29, 1.82) is 0 Å². The van der Waals surface area contributed by atoms with E-state index in [9.17, 15) is 14.4 Å². The second kappa shape index (κ2) is 11.9. The molecule has 1 fully saturated rings. The first-order chi connectivity index (χ1) is 19.9. The number of carbonyl (C=O) groups excluding carboxylic acids is 2. The molecule has 41 heavy (non-hydrogen) atoms. The molecule has 1 N–H and O–H groups in total. The molecule has 2 amide bonds. The van der Waals surface area contributed by atoms with Gasteiger partial charge in [0, 0.05) is 45.6 Å². The van der Waals surface area contributed by atoms with E-state index in [1.165, 1.54) is 22.0 Å². The lowest BCUT2D eigenvalue weighted by Crippen LogP contribution is -2.32. The van der Waals surface area contributed by atoms with Crippen LogP contribution in [-0.2, 0) is 29.1 Å². The summed E-state index contributed by atoms with van der Waals surface area (Å²) in [4.78, 5) is 47.6. The summed E-state index contributed by atoms with van der Waals surface area (Å²) in [6, 6.07) is 11.4. The van der Waals surface area contributed by atoms with Crippen LogP contribution in [0.4, 0.5) is 0 Å². The number of amides is 2. The number of nitrogens with zero attached hydrogens (tertiary/aromatic N) is 4. The predicted octanol–water partition coefficient (Wildman–Crippen LogP) is 2.56. The van der Waals surface area contributed by atoms with Crippen molar-refractivity contribution in [3.05, 3.63) is 64.2 Å². The zero-order valence-electron chi connectivity index (χ0n) is 23.5. The number of carbonyl (C=O) groups is 2. The Morgan fingerprint density at radius 1 is 1.07 bits per heavy atom. The molecule has 2 atom stereocenters. The molecule has 2 aromatic carbocycles. The molecular formula is C31H37N5O5. The van der Waals surface area contributed by atoms with Crippen LogP contribution in [-0.4, -0.2) is 71.2 Å². The Bertz CT molecular complexity index is 1500. The molecule has 4 heterocycles. The molecule has 1 aromatic heterocycles. The molecule has 216 valence electrons. The monoisotopic (exact) mass is 559 g/mol. The summed E-state index contributed by atoms with van der Waals surface area (Å²) in [5, 5.41) is 3.63. The number of rotatable bonds is 3. The lowest BCUT2D eigenvalue weighted by atomic mass is 9.86. The Hall–Kier alpha value is -3.92. The van der Waals surface area contributed by atoms with Crippen molar-refractivity contribution >= 4 is 22.7 Å². The maximum atomic E-state index is 13.3. The molecule has 0 bridgehead atoms. The zero-order valence-corrected chi connectivity index (χ0v) is 23.5. The SMILES string of the molecule is CN1CCCNC(=O)C[C@H]2CN(C(=O)CCn3cnc4ccccc4c3=O)C[C@H]2CCc2cc3c(cc2C1)OCO3. The minimum absolute atomic E-state index is 0.00118. The fourth-order valence-corrected chi connectivity index (χ4v) is 6.34. The van der Waals surface area contributed by atoms with Gasteiger partial charge in [-0.2, -0.15) is 0 Å². The van der Waals surface area contributed by atoms with Gasteiger partial charge in [-0.3, -0.25) is 19.0 Å². The van der Waals surface area contributed by atoms with Gasteiger partial charge in [0.15, 0.2) is 11.5 Å². The summed E-state index contributed by atoms with van der Waals surface area (Å²) in [6.07, 6.45) is 4.71. The highest BCUT2D eigenvalue weighted by Gasteiger charge is 2.36. The average Bonchev–Trinajstić information content (AvgIpc) is 3.59. The van der Waals surface area contributed by atoms with Gasteiger partial charge in [0.1, 0.15) is 0 Å². The van der Waals surface area contributed by atoms with E-state index in [1.807, 2.05) is 23.1 Å². The van der Waals surface area contributed by atoms with E-state index in [-0.39, 0.29) is 49.0 Å². The van der Waals surface area contributed by atoms with Crippen molar-refractivity contribution in [3.8, 4) is 11.5 Å². The van der Waals surface area contributed by atoms with Crippen molar-refractivity contribution in [3.63, 3.8) is 0 Å². The van der Waals surface area contributed by atoms with Crippen LogP contribution in [0, 0.1) is 11.8 Å². The normalized spacial score (nSPS) is 21.7. The van der Waals surface area contributed by atoms with Gasteiger partial charge in [-0.25, -0.2) is 4.98 Å². The highest BCUT2D eigenvalue weighted by atomic mass is 16.7. The lowest BCUT2D eigenvalue weighted by Gasteiger charge is -2.22. The third kappa shape index (κ3) is 6.07. The van der Waals surface area contributed by atoms with Crippen LogP contribution in [0.3, 0.4) is 0 Å². The maximum absolute atomic E-state index is 13.3. The Morgan fingerprint density at radius 3 is 2.71 bits per heavy atom. The summed E-state index contributed by atoms with van der Waals surface area (Å²) in [5.41, 5.74) is 2.97. The van der Waals surface area contributed by atoms with Crippen LogP contribution in [0.1, 0.15) is 36.8 Å². The first-order valence-corrected chi connectivity index (χ1v) is 14.5. The van der Waals surface area contributed by atoms with Gasteiger partial charge in [-0.1, -0.05) is 12.1 Å². The van der Waals surface area contributed by atoms with E-state index in [2.05, 4.69) is 34.4 Å². The third-order valence-corrected chi connectivity index (χ3v) is 8.63. The van der Waals surface area contributed by atoms with Crippen LogP contribution in [0.5, 0.6) is 11.5 Å². The largest absolute Gasteiger partial charge is 0.454 e. The smallest absolute Gasteiger partial charge is 0.261 e. The molecule has 1 saturated heterocycles.